The smallest absolute Gasteiger partial charge is 0.142 e. The van der Waals surface area contributed by atoms with E-state index in [0.717, 1.165) is 16.9 Å². The Kier molecular flexibility index (Phi) is 4.25. The minimum absolute atomic E-state index is 0.265. The number of halogens is 1. The van der Waals surface area contributed by atoms with Gasteiger partial charge in [0.1, 0.15) is 12.4 Å². The number of rotatable bonds is 5. The van der Waals surface area contributed by atoms with Crippen LogP contribution in [0.15, 0.2) is 72.0 Å². The molecule has 110 valence electrons. The van der Waals surface area contributed by atoms with Gasteiger partial charge >= 0.3 is 0 Å². The van der Waals surface area contributed by atoms with Crippen molar-refractivity contribution >= 4 is 6.21 Å². The lowest BCUT2D eigenvalue weighted by molar-refractivity contribution is 0.132. The van der Waals surface area contributed by atoms with E-state index in [1.807, 2.05) is 36.4 Å². The lowest BCUT2D eigenvalue weighted by Gasteiger charge is -2.03. The van der Waals surface area contributed by atoms with Crippen LogP contribution in [-0.2, 0) is 11.4 Å². The van der Waals surface area contributed by atoms with E-state index in [2.05, 4.69) is 10.3 Å². The number of nitrogens with zero attached hydrogens (tertiary/aromatic N) is 3. The summed E-state index contributed by atoms with van der Waals surface area (Å²) in [5.74, 6) is -0.265. The third-order valence-electron chi connectivity index (χ3n) is 3.08. The quantitative estimate of drug-likeness (QED) is 0.533. The summed E-state index contributed by atoms with van der Waals surface area (Å²) in [6.45, 7) is 0.288. The van der Waals surface area contributed by atoms with Crippen LogP contribution in [-0.4, -0.2) is 16.0 Å². The van der Waals surface area contributed by atoms with Gasteiger partial charge in [-0.3, -0.25) is 0 Å². The fraction of sp³-hybridized carbons (Fsp3) is 0.0588. The average molecular weight is 295 g/mol. The van der Waals surface area contributed by atoms with Crippen LogP contribution in [0.4, 0.5) is 4.39 Å². The predicted molar refractivity (Wildman–Crippen MR) is 82.3 cm³/mol. The van der Waals surface area contributed by atoms with Crippen LogP contribution in [0, 0.1) is 5.82 Å². The third-order valence-corrected chi connectivity index (χ3v) is 3.08. The Morgan fingerprint density at radius 3 is 2.59 bits per heavy atom. The molecule has 0 aliphatic carbocycles. The van der Waals surface area contributed by atoms with Crippen LogP contribution in [0.25, 0.3) is 5.69 Å². The maximum atomic E-state index is 12.8. The summed E-state index contributed by atoms with van der Waals surface area (Å²) < 4.78 is 14.6. The number of para-hydroxylation sites is 1. The van der Waals surface area contributed by atoms with Crippen molar-refractivity contribution in [1.29, 1.82) is 0 Å². The van der Waals surface area contributed by atoms with Crippen molar-refractivity contribution in [2.45, 2.75) is 6.61 Å². The zero-order valence-electron chi connectivity index (χ0n) is 11.8. The Morgan fingerprint density at radius 1 is 1.05 bits per heavy atom. The lowest BCUT2D eigenvalue weighted by Crippen LogP contribution is -2.01. The second kappa shape index (κ2) is 6.67. The summed E-state index contributed by atoms with van der Waals surface area (Å²) in [7, 11) is 0. The van der Waals surface area contributed by atoms with Crippen molar-refractivity contribution in [3.05, 3.63) is 83.9 Å². The molecule has 0 atom stereocenters. The number of benzene rings is 2. The summed E-state index contributed by atoms with van der Waals surface area (Å²) in [4.78, 5) is 5.23. The van der Waals surface area contributed by atoms with Gasteiger partial charge in [0.15, 0.2) is 0 Å². The molecular weight excluding hydrogens is 281 g/mol. The van der Waals surface area contributed by atoms with E-state index in [0.29, 0.717) is 0 Å². The minimum Gasteiger partial charge on any atom is -0.391 e. The summed E-state index contributed by atoms with van der Waals surface area (Å²) in [5.41, 5.74) is 2.62. The highest BCUT2D eigenvalue weighted by Gasteiger charge is 2.01. The molecule has 0 fully saturated rings. The van der Waals surface area contributed by atoms with E-state index in [1.165, 1.54) is 12.1 Å². The molecule has 0 amide bonds. The van der Waals surface area contributed by atoms with Crippen molar-refractivity contribution in [1.82, 2.24) is 9.78 Å². The molecular formula is C17H14FN3O. The maximum absolute atomic E-state index is 12.8. The van der Waals surface area contributed by atoms with E-state index in [-0.39, 0.29) is 12.4 Å². The molecule has 1 aromatic heterocycles. The summed E-state index contributed by atoms with van der Waals surface area (Å²) in [6.07, 6.45) is 3.30. The van der Waals surface area contributed by atoms with E-state index in [1.54, 1.807) is 29.2 Å². The summed E-state index contributed by atoms with van der Waals surface area (Å²) in [5, 5.41) is 8.20. The Hall–Kier alpha value is -2.95. The van der Waals surface area contributed by atoms with Gasteiger partial charge in [-0.05, 0) is 35.9 Å². The zero-order valence-corrected chi connectivity index (χ0v) is 11.8. The number of aromatic nitrogens is 2. The number of hydrogen-bond donors (Lipinski definition) is 0. The fourth-order valence-corrected chi connectivity index (χ4v) is 1.98. The van der Waals surface area contributed by atoms with Crippen molar-refractivity contribution in [2.24, 2.45) is 5.16 Å². The maximum Gasteiger partial charge on any atom is 0.142 e. The minimum atomic E-state index is -0.265. The normalized spacial score (nSPS) is 11.0. The summed E-state index contributed by atoms with van der Waals surface area (Å²) >= 11 is 0. The Morgan fingerprint density at radius 2 is 1.82 bits per heavy atom. The van der Waals surface area contributed by atoms with Crippen molar-refractivity contribution in [2.75, 3.05) is 0 Å². The van der Waals surface area contributed by atoms with Gasteiger partial charge in [-0.15, -0.1) is 0 Å². The average Bonchev–Trinajstić information content (AvgIpc) is 3.02. The third kappa shape index (κ3) is 3.38. The van der Waals surface area contributed by atoms with Gasteiger partial charge in [-0.2, -0.15) is 5.10 Å². The molecule has 3 rings (SSSR count). The van der Waals surface area contributed by atoms with E-state index < -0.39 is 0 Å². The van der Waals surface area contributed by atoms with Gasteiger partial charge in [-0.1, -0.05) is 35.5 Å². The standard InChI is InChI=1S/C17H14FN3O/c18-15-8-6-14(7-9-15)13-22-20-12-17-10-11-19-21(17)16-4-2-1-3-5-16/h1-12H,13H2/b20-12+. The van der Waals surface area contributed by atoms with Crippen molar-refractivity contribution in [3.63, 3.8) is 0 Å². The molecule has 0 aliphatic heterocycles. The van der Waals surface area contributed by atoms with Crippen molar-refractivity contribution in [3.8, 4) is 5.69 Å². The first-order chi connectivity index (χ1) is 10.8. The molecule has 1 heterocycles. The first kappa shape index (κ1) is 14.0. The Balaban J connectivity index is 1.64. The first-order valence-electron chi connectivity index (χ1n) is 6.82. The van der Waals surface area contributed by atoms with E-state index in [9.17, 15) is 4.39 Å². The highest BCUT2D eigenvalue weighted by Crippen LogP contribution is 2.09. The molecule has 2 aromatic carbocycles. The second-order valence-electron chi connectivity index (χ2n) is 4.64. The number of hydrogen-bond acceptors (Lipinski definition) is 3. The van der Waals surface area contributed by atoms with Gasteiger partial charge in [0.05, 0.1) is 23.8 Å². The van der Waals surface area contributed by atoms with Crippen LogP contribution in [0.2, 0.25) is 0 Å². The highest BCUT2D eigenvalue weighted by atomic mass is 19.1. The molecule has 0 radical (unpaired) electrons. The zero-order chi connectivity index (χ0) is 15.2. The van der Waals surface area contributed by atoms with Crippen LogP contribution in [0.5, 0.6) is 0 Å². The van der Waals surface area contributed by atoms with Gasteiger partial charge in [-0.25, -0.2) is 9.07 Å². The van der Waals surface area contributed by atoms with Crippen LogP contribution < -0.4 is 0 Å². The molecule has 3 aromatic rings. The topological polar surface area (TPSA) is 39.4 Å². The molecule has 4 nitrogen and oxygen atoms in total. The van der Waals surface area contributed by atoms with Crippen LogP contribution in [0.1, 0.15) is 11.3 Å². The van der Waals surface area contributed by atoms with Crippen LogP contribution >= 0.6 is 0 Å². The molecule has 0 aliphatic rings. The predicted octanol–water partition coefficient (Wildman–Crippen LogP) is 3.56. The fourth-order valence-electron chi connectivity index (χ4n) is 1.98. The van der Waals surface area contributed by atoms with Gasteiger partial charge in [0.25, 0.3) is 0 Å². The second-order valence-corrected chi connectivity index (χ2v) is 4.64. The Bertz CT molecular complexity index is 751. The molecule has 0 saturated carbocycles. The molecule has 0 N–H and O–H groups in total. The van der Waals surface area contributed by atoms with E-state index in [4.69, 9.17) is 4.84 Å². The lowest BCUT2D eigenvalue weighted by atomic mass is 10.2. The molecule has 0 spiro atoms. The first-order valence-corrected chi connectivity index (χ1v) is 6.82. The monoisotopic (exact) mass is 295 g/mol. The highest BCUT2D eigenvalue weighted by molar-refractivity contribution is 5.77. The van der Waals surface area contributed by atoms with E-state index >= 15 is 0 Å². The molecule has 5 heteroatoms. The SMILES string of the molecule is Fc1ccc(CO/N=C/c2ccnn2-c2ccccc2)cc1. The number of oxime groups is 1. The van der Waals surface area contributed by atoms with Crippen LogP contribution in [0.3, 0.4) is 0 Å². The molecule has 22 heavy (non-hydrogen) atoms. The van der Waals surface area contributed by atoms with Gasteiger partial charge in [0.2, 0.25) is 0 Å². The molecule has 0 unspecified atom stereocenters. The van der Waals surface area contributed by atoms with Gasteiger partial charge < -0.3 is 4.84 Å². The molecule has 0 saturated heterocycles. The Labute approximate surface area is 127 Å². The molecule has 0 bridgehead atoms. The summed E-state index contributed by atoms with van der Waals surface area (Å²) in [6, 6.07) is 17.7. The van der Waals surface area contributed by atoms with Crippen molar-refractivity contribution < 1.29 is 9.23 Å². The van der Waals surface area contributed by atoms with Gasteiger partial charge in [0, 0.05) is 0 Å². The largest absolute Gasteiger partial charge is 0.391 e.